The normalized spacial score (nSPS) is 21.6. The van der Waals surface area contributed by atoms with Crippen LogP contribution in [0.25, 0.3) is 0 Å². The molecule has 2 aromatic carbocycles. The third-order valence-corrected chi connectivity index (χ3v) is 6.35. The van der Waals surface area contributed by atoms with Crippen LogP contribution in [0, 0.1) is 17.3 Å². The first-order chi connectivity index (χ1) is 15.8. The molecule has 176 valence electrons. The molecule has 1 amide bonds. The Morgan fingerprint density at radius 3 is 2.58 bits per heavy atom. The van der Waals surface area contributed by atoms with Crippen LogP contribution in [0.2, 0.25) is 0 Å². The van der Waals surface area contributed by atoms with Gasteiger partial charge in [0.05, 0.1) is 19.8 Å². The fraction of sp³-hybridized carbons (Fsp3) is 0.423. The average molecular weight is 454 g/mol. The maximum Gasteiger partial charge on any atom is 0.253 e. The number of nitrogens with zero attached hydrogens (tertiary/aromatic N) is 1. The predicted molar refractivity (Wildman–Crippen MR) is 124 cm³/mol. The molecule has 1 unspecified atom stereocenters. The third-order valence-electron chi connectivity index (χ3n) is 6.35. The number of aliphatic hydroxyl groups is 3. The average Bonchev–Trinajstić information content (AvgIpc) is 3.20. The van der Waals surface area contributed by atoms with Gasteiger partial charge < -0.3 is 29.7 Å². The molecular weight excluding hydrogens is 422 g/mol. The molecule has 1 aliphatic rings. The van der Waals surface area contributed by atoms with Crippen LogP contribution in [0.4, 0.5) is 0 Å². The lowest BCUT2D eigenvalue weighted by Gasteiger charge is -2.34. The second kappa shape index (κ2) is 10.7. The SMILES string of the molecule is COc1ccc([C@@H]2CN(C(=O)C(O)CO)C[C@@]2(C)[C@@H](C)O)cc1OCC#Cc1ccccc1. The highest BCUT2D eigenvalue weighted by Gasteiger charge is 2.49. The van der Waals surface area contributed by atoms with Crippen molar-refractivity contribution in [3.05, 3.63) is 59.7 Å². The van der Waals surface area contributed by atoms with E-state index in [0.29, 0.717) is 18.0 Å². The van der Waals surface area contributed by atoms with Gasteiger partial charge in [-0.2, -0.15) is 0 Å². The smallest absolute Gasteiger partial charge is 0.253 e. The van der Waals surface area contributed by atoms with Crippen LogP contribution in [-0.4, -0.2) is 71.7 Å². The van der Waals surface area contributed by atoms with Crippen LogP contribution in [0.3, 0.4) is 0 Å². The largest absolute Gasteiger partial charge is 0.493 e. The molecule has 2 aromatic rings. The van der Waals surface area contributed by atoms with E-state index in [1.165, 1.54) is 4.90 Å². The van der Waals surface area contributed by atoms with Gasteiger partial charge >= 0.3 is 0 Å². The van der Waals surface area contributed by atoms with Gasteiger partial charge in [-0.1, -0.05) is 43.0 Å². The van der Waals surface area contributed by atoms with Crippen molar-refractivity contribution in [2.24, 2.45) is 5.41 Å². The molecule has 1 heterocycles. The minimum absolute atomic E-state index is 0.167. The Kier molecular flexibility index (Phi) is 7.98. The fourth-order valence-electron chi connectivity index (χ4n) is 4.18. The van der Waals surface area contributed by atoms with Crippen LogP contribution in [-0.2, 0) is 4.79 Å². The van der Waals surface area contributed by atoms with Gasteiger partial charge in [0.25, 0.3) is 5.91 Å². The maximum atomic E-state index is 12.5. The summed E-state index contributed by atoms with van der Waals surface area (Å²) >= 11 is 0. The highest BCUT2D eigenvalue weighted by atomic mass is 16.5. The summed E-state index contributed by atoms with van der Waals surface area (Å²) in [6.45, 7) is 3.70. The van der Waals surface area contributed by atoms with E-state index in [4.69, 9.17) is 14.6 Å². The quantitative estimate of drug-likeness (QED) is 0.553. The van der Waals surface area contributed by atoms with Gasteiger partial charge in [-0.3, -0.25) is 4.79 Å². The highest BCUT2D eigenvalue weighted by molar-refractivity contribution is 5.81. The number of likely N-dealkylation sites (tertiary alicyclic amines) is 1. The number of carbonyl (C=O) groups excluding carboxylic acids is 1. The van der Waals surface area contributed by atoms with Crippen LogP contribution < -0.4 is 9.47 Å². The van der Waals surface area contributed by atoms with Crippen molar-refractivity contribution < 1.29 is 29.6 Å². The zero-order valence-electron chi connectivity index (χ0n) is 19.2. The Balaban J connectivity index is 1.83. The van der Waals surface area contributed by atoms with Gasteiger partial charge in [-0.05, 0) is 36.8 Å². The van der Waals surface area contributed by atoms with E-state index in [-0.39, 0.29) is 19.1 Å². The zero-order chi connectivity index (χ0) is 24.0. The second-order valence-electron chi connectivity index (χ2n) is 8.52. The second-order valence-corrected chi connectivity index (χ2v) is 8.52. The lowest BCUT2D eigenvalue weighted by Crippen LogP contribution is -2.42. The van der Waals surface area contributed by atoms with Gasteiger partial charge in [0, 0.05) is 30.0 Å². The first-order valence-electron chi connectivity index (χ1n) is 10.9. The highest BCUT2D eigenvalue weighted by Crippen LogP contribution is 2.47. The van der Waals surface area contributed by atoms with E-state index >= 15 is 0 Å². The summed E-state index contributed by atoms with van der Waals surface area (Å²) in [6, 6.07) is 15.2. The van der Waals surface area contributed by atoms with Crippen LogP contribution in [0.15, 0.2) is 48.5 Å². The molecule has 7 nitrogen and oxygen atoms in total. The first kappa shape index (κ1) is 24.6. The number of carbonyl (C=O) groups is 1. The van der Waals surface area contributed by atoms with Gasteiger partial charge in [0.15, 0.2) is 17.6 Å². The van der Waals surface area contributed by atoms with Crippen molar-refractivity contribution in [3.63, 3.8) is 0 Å². The zero-order valence-corrected chi connectivity index (χ0v) is 19.2. The van der Waals surface area contributed by atoms with Gasteiger partial charge in [-0.15, -0.1) is 0 Å². The molecule has 0 aromatic heterocycles. The van der Waals surface area contributed by atoms with E-state index in [2.05, 4.69) is 11.8 Å². The summed E-state index contributed by atoms with van der Waals surface area (Å²) in [5, 5.41) is 29.5. The third kappa shape index (κ3) is 5.48. The van der Waals surface area contributed by atoms with E-state index in [9.17, 15) is 15.0 Å². The Morgan fingerprint density at radius 2 is 1.94 bits per heavy atom. The molecule has 33 heavy (non-hydrogen) atoms. The monoisotopic (exact) mass is 453 g/mol. The number of amides is 1. The first-order valence-corrected chi connectivity index (χ1v) is 10.9. The van der Waals surface area contributed by atoms with Crippen molar-refractivity contribution in [3.8, 4) is 23.3 Å². The maximum absolute atomic E-state index is 12.5. The number of benzene rings is 2. The lowest BCUT2D eigenvalue weighted by molar-refractivity contribution is -0.141. The van der Waals surface area contributed by atoms with E-state index < -0.39 is 30.1 Å². The number of aliphatic hydroxyl groups excluding tert-OH is 3. The molecule has 0 radical (unpaired) electrons. The van der Waals surface area contributed by atoms with Crippen molar-refractivity contribution >= 4 is 5.91 Å². The summed E-state index contributed by atoms with van der Waals surface area (Å²) in [5.41, 5.74) is 1.12. The van der Waals surface area contributed by atoms with Crippen molar-refractivity contribution in [1.82, 2.24) is 4.90 Å². The molecule has 4 atom stereocenters. The van der Waals surface area contributed by atoms with E-state index in [1.807, 2.05) is 49.4 Å². The molecule has 1 saturated heterocycles. The van der Waals surface area contributed by atoms with Crippen LogP contribution in [0.1, 0.15) is 30.9 Å². The molecule has 1 aliphatic heterocycles. The van der Waals surface area contributed by atoms with Crippen LogP contribution in [0.5, 0.6) is 11.5 Å². The summed E-state index contributed by atoms with van der Waals surface area (Å²) in [7, 11) is 1.56. The van der Waals surface area contributed by atoms with Gasteiger partial charge in [0.2, 0.25) is 0 Å². The Labute approximate surface area is 194 Å². The molecule has 7 heteroatoms. The standard InChI is InChI=1S/C26H31NO6/c1-18(29)26(2)17-27(25(31)22(30)16-28)15-21(26)20-11-12-23(32-3)24(14-20)33-13-7-10-19-8-5-4-6-9-19/h4-6,8-9,11-12,14,18,21-22,28-30H,13,15-17H2,1-3H3/t18-,21+,22?,26+/m1/s1. The molecule has 0 saturated carbocycles. The Hall–Kier alpha value is -3.05. The lowest BCUT2D eigenvalue weighted by atomic mass is 9.72. The van der Waals surface area contributed by atoms with E-state index in [1.54, 1.807) is 20.1 Å². The topological polar surface area (TPSA) is 99.5 Å². The molecule has 0 spiro atoms. The molecule has 1 fully saturated rings. The van der Waals surface area contributed by atoms with Gasteiger partial charge in [0.1, 0.15) is 6.61 Å². The van der Waals surface area contributed by atoms with Crippen molar-refractivity contribution in [1.29, 1.82) is 0 Å². The predicted octanol–water partition coefficient (Wildman–Crippen LogP) is 1.79. The molecule has 3 rings (SSSR count). The molecular formula is C26H31NO6. The molecule has 0 bridgehead atoms. The van der Waals surface area contributed by atoms with Crippen LogP contribution >= 0.6 is 0 Å². The summed E-state index contributed by atoms with van der Waals surface area (Å²) in [4.78, 5) is 14.0. The minimum Gasteiger partial charge on any atom is -0.493 e. The fourth-order valence-corrected chi connectivity index (χ4v) is 4.18. The van der Waals surface area contributed by atoms with Crippen molar-refractivity contribution in [2.45, 2.75) is 32.0 Å². The number of hydrogen-bond acceptors (Lipinski definition) is 6. The molecule has 3 N–H and O–H groups in total. The van der Waals surface area contributed by atoms with Gasteiger partial charge in [-0.25, -0.2) is 0 Å². The molecule has 0 aliphatic carbocycles. The number of methoxy groups -OCH3 is 1. The summed E-state index contributed by atoms with van der Waals surface area (Å²) in [5.74, 6) is 6.36. The summed E-state index contributed by atoms with van der Waals surface area (Å²) < 4.78 is 11.3. The van der Waals surface area contributed by atoms with Crippen molar-refractivity contribution in [2.75, 3.05) is 33.4 Å². The minimum atomic E-state index is -1.47. The number of ether oxygens (including phenoxy) is 2. The Bertz CT molecular complexity index is 1010. The number of hydrogen-bond donors (Lipinski definition) is 3. The number of rotatable bonds is 7. The summed E-state index contributed by atoms with van der Waals surface area (Å²) in [6.07, 6.45) is -2.19. The van der Waals surface area contributed by atoms with E-state index in [0.717, 1.165) is 11.1 Å². The Morgan fingerprint density at radius 1 is 1.21 bits per heavy atom.